The summed E-state index contributed by atoms with van der Waals surface area (Å²) in [6.07, 6.45) is 8.46. The number of allylic oxidation sites excluding steroid dienone is 2. The first-order chi connectivity index (χ1) is 8.67. The van der Waals surface area contributed by atoms with Gasteiger partial charge in [-0.3, -0.25) is 0 Å². The molecule has 0 unspecified atom stereocenters. The molecule has 0 aromatic heterocycles. The molecule has 98 valence electrons. The third-order valence-corrected chi connectivity index (χ3v) is 3.51. The zero-order valence-electron chi connectivity index (χ0n) is 10.7. The van der Waals surface area contributed by atoms with Crippen LogP contribution in [-0.4, -0.2) is 24.3 Å². The second-order valence-corrected chi connectivity index (χ2v) is 4.81. The van der Waals surface area contributed by atoms with E-state index < -0.39 is 0 Å². The fourth-order valence-electron chi connectivity index (χ4n) is 2.16. The van der Waals surface area contributed by atoms with Crippen molar-refractivity contribution in [3.8, 4) is 12.3 Å². The number of hydrogen-bond donors (Lipinski definition) is 0. The summed E-state index contributed by atoms with van der Waals surface area (Å²) in [4.78, 5) is 3.48. The van der Waals surface area contributed by atoms with Gasteiger partial charge in [0.1, 0.15) is 0 Å². The van der Waals surface area contributed by atoms with Gasteiger partial charge in [0.05, 0.1) is 25.1 Å². The Bertz CT molecular complexity index is 372. The maximum atomic E-state index is 6.95. The molecule has 0 radical (unpaired) electrons. The van der Waals surface area contributed by atoms with Crippen LogP contribution in [-0.2, 0) is 9.47 Å². The highest BCUT2D eigenvalue weighted by molar-refractivity contribution is 9.09. The number of alkyl halides is 1. The molecule has 1 aliphatic carbocycles. The van der Waals surface area contributed by atoms with E-state index in [-0.39, 0.29) is 5.79 Å². The van der Waals surface area contributed by atoms with Crippen LogP contribution in [0, 0.1) is 18.9 Å². The Morgan fingerprint density at radius 1 is 1.44 bits per heavy atom. The molecule has 0 N–H and O–H groups in total. The van der Waals surface area contributed by atoms with Gasteiger partial charge in [0.2, 0.25) is 0 Å². The Kier molecular flexibility index (Phi) is 6.43. The largest absolute Gasteiger partial charge is 0.348 e. The summed E-state index contributed by atoms with van der Waals surface area (Å²) >= 11 is 3.01. The molecular weight excluding hydrogens is 294 g/mol. The lowest BCUT2D eigenvalue weighted by atomic mass is 9.89. The number of hydrogen-bond acceptors (Lipinski definition) is 2. The first-order valence-corrected chi connectivity index (χ1v) is 7.13. The van der Waals surface area contributed by atoms with E-state index in [0.29, 0.717) is 5.33 Å². The summed E-state index contributed by atoms with van der Waals surface area (Å²) in [5.41, 5.74) is 2.14. The minimum atomic E-state index is -0.300. The predicted octanol–water partition coefficient (Wildman–Crippen LogP) is 3.51. The van der Waals surface area contributed by atoms with Gasteiger partial charge in [0.15, 0.2) is 11.5 Å². The zero-order valence-corrected chi connectivity index (χ0v) is 12.3. The minimum absolute atomic E-state index is 0.300. The van der Waals surface area contributed by atoms with E-state index in [1.54, 1.807) is 0 Å². The topological polar surface area (TPSA) is 22.8 Å². The molecule has 1 saturated heterocycles. The summed E-state index contributed by atoms with van der Waals surface area (Å²) in [6, 6.07) is 0. The number of nitrogens with zero attached hydrogens (tertiary/aromatic N) is 1. The Balaban J connectivity index is 0.000000357. The van der Waals surface area contributed by atoms with E-state index in [4.69, 9.17) is 22.5 Å². The Morgan fingerprint density at radius 3 is 2.33 bits per heavy atom. The Hall–Kier alpha value is -0.810. The monoisotopic (exact) mass is 311 g/mol. The van der Waals surface area contributed by atoms with E-state index in [0.717, 1.165) is 44.6 Å². The standard InChI is InChI=1S/C11H15NO2.C3H3Br/c1-9(12-2)10-3-5-11(6-4-10)13-7-8-14-11;1-2-3-4/h3-8H2,1H3;1H,3H2. The molecule has 0 bridgehead atoms. The molecule has 1 aliphatic heterocycles. The van der Waals surface area contributed by atoms with E-state index in [9.17, 15) is 0 Å². The number of terminal acetylenes is 1. The maximum Gasteiger partial charge on any atom is 0.169 e. The number of halogens is 1. The molecule has 2 fully saturated rings. The molecule has 3 nitrogen and oxygen atoms in total. The number of rotatable bonds is 0. The summed E-state index contributed by atoms with van der Waals surface area (Å²) in [5.74, 6) is 2.05. The van der Waals surface area contributed by atoms with Crippen molar-refractivity contribution in [1.82, 2.24) is 0 Å². The lowest BCUT2D eigenvalue weighted by molar-refractivity contribution is -0.171. The molecule has 2 rings (SSSR count). The van der Waals surface area contributed by atoms with Gasteiger partial charge in [-0.05, 0) is 19.8 Å². The normalized spacial score (nSPS) is 20.6. The van der Waals surface area contributed by atoms with Crippen LogP contribution in [0.25, 0.3) is 4.85 Å². The number of ether oxygens (including phenoxy) is 2. The van der Waals surface area contributed by atoms with E-state index in [1.807, 2.05) is 6.92 Å². The molecule has 18 heavy (non-hydrogen) atoms. The highest BCUT2D eigenvalue weighted by atomic mass is 79.9. The highest BCUT2D eigenvalue weighted by Crippen LogP contribution is 2.38. The summed E-state index contributed by atoms with van der Waals surface area (Å²) in [6.45, 7) is 10.3. The van der Waals surface area contributed by atoms with Gasteiger partial charge in [0.25, 0.3) is 0 Å². The second kappa shape index (κ2) is 7.59. The van der Waals surface area contributed by atoms with Crippen LogP contribution >= 0.6 is 15.9 Å². The van der Waals surface area contributed by atoms with Crippen LogP contribution < -0.4 is 0 Å². The maximum absolute atomic E-state index is 6.95. The second-order valence-electron chi connectivity index (χ2n) is 4.25. The first kappa shape index (κ1) is 15.2. The quantitative estimate of drug-likeness (QED) is 0.388. The highest BCUT2D eigenvalue weighted by Gasteiger charge is 2.38. The lowest BCUT2D eigenvalue weighted by Crippen LogP contribution is -2.33. The van der Waals surface area contributed by atoms with E-state index >= 15 is 0 Å². The van der Waals surface area contributed by atoms with Crippen molar-refractivity contribution in [2.45, 2.75) is 38.4 Å². The van der Waals surface area contributed by atoms with Gasteiger partial charge in [0, 0.05) is 12.8 Å². The van der Waals surface area contributed by atoms with Crippen molar-refractivity contribution in [3.05, 3.63) is 22.7 Å². The molecule has 0 aromatic rings. The summed E-state index contributed by atoms with van der Waals surface area (Å²) < 4.78 is 11.2. The average Bonchev–Trinajstić information content (AvgIpc) is 2.87. The predicted molar refractivity (Wildman–Crippen MR) is 75.0 cm³/mol. The molecule has 0 atom stereocenters. The fraction of sp³-hybridized carbons (Fsp3) is 0.643. The van der Waals surface area contributed by atoms with Crippen molar-refractivity contribution < 1.29 is 9.47 Å². The van der Waals surface area contributed by atoms with Gasteiger partial charge in [-0.2, -0.15) is 0 Å². The Labute approximate surface area is 117 Å². The summed E-state index contributed by atoms with van der Waals surface area (Å²) in [5, 5.41) is 0.660. The van der Waals surface area contributed by atoms with Crippen molar-refractivity contribution >= 4 is 15.9 Å². The average molecular weight is 312 g/mol. The van der Waals surface area contributed by atoms with Gasteiger partial charge < -0.3 is 9.47 Å². The summed E-state index contributed by atoms with van der Waals surface area (Å²) in [7, 11) is 0. The SMILES string of the molecule is C#CCBr.[C-]#[N+]C(C)=C1CCC2(CC1)OCCO2. The third kappa shape index (κ3) is 4.14. The third-order valence-electron chi connectivity index (χ3n) is 3.19. The fourth-order valence-corrected chi connectivity index (χ4v) is 2.16. The molecule has 1 heterocycles. The molecule has 2 aliphatic rings. The molecule has 0 aromatic carbocycles. The van der Waals surface area contributed by atoms with Crippen molar-refractivity contribution in [1.29, 1.82) is 0 Å². The van der Waals surface area contributed by atoms with Crippen molar-refractivity contribution in [2.24, 2.45) is 0 Å². The van der Waals surface area contributed by atoms with E-state index in [2.05, 4.69) is 26.7 Å². The van der Waals surface area contributed by atoms with Gasteiger partial charge in [-0.1, -0.05) is 27.4 Å². The molecule has 1 saturated carbocycles. The molecule has 4 heteroatoms. The molecule has 0 amide bonds. The molecular formula is C14H18BrNO2. The van der Waals surface area contributed by atoms with Crippen LogP contribution in [0.5, 0.6) is 0 Å². The Morgan fingerprint density at radius 2 is 1.94 bits per heavy atom. The molecule has 1 spiro atoms. The van der Waals surface area contributed by atoms with E-state index in [1.165, 1.54) is 5.57 Å². The van der Waals surface area contributed by atoms with Crippen LogP contribution in [0.4, 0.5) is 0 Å². The van der Waals surface area contributed by atoms with Crippen LogP contribution in [0.1, 0.15) is 32.6 Å². The van der Waals surface area contributed by atoms with Crippen LogP contribution in [0.15, 0.2) is 11.3 Å². The van der Waals surface area contributed by atoms with Gasteiger partial charge >= 0.3 is 0 Å². The zero-order chi connectivity index (χ0) is 13.4. The van der Waals surface area contributed by atoms with Crippen molar-refractivity contribution in [2.75, 3.05) is 18.5 Å². The first-order valence-electron chi connectivity index (χ1n) is 6.01. The minimum Gasteiger partial charge on any atom is -0.348 e. The smallest absolute Gasteiger partial charge is 0.169 e. The van der Waals surface area contributed by atoms with Gasteiger partial charge in [-0.25, -0.2) is 4.85 Å². The van der Waals surface area contributed by atoms with Gasteiger partial charge in [-0.15, -0.1) is 6.42 Å². The lowest BCUT2D eigenvalue weighted by Gasteiger charge is -2.32. The van der Waals surface area contributed by atoms with Crippen LogP contribution in [0.2, 0.25) is 0 Å². The van der Waals surface area contributed by atoms with Crippen LogP contribution in [0.3, 0.4) is 0 Å². The van der Waals surface area contributed by atoms with Crippen molar-refractivity contribution in [3.63, 3.8) is 0 Å².